The number of methoxy groups -OCH3 is 1. The SMILES string of the molecule is COc1ccc(C(=O)O)c(NC(=O)NC2CC2)c1. The molecule has 1 aliphatic rings. The second kappa shape index (κ2) is 4.95. The number of nitrogens with one attached hydrogen (secondary N) is 2. The van der Waals surface area contributed by atoms with Gasteiger partial charge in [0.05, 0.1) is 18.4 Å². The fraction of sp³-hybridized carbons (Fsp3) is 0.333. The minimum absolute atomic E-state index is 0.0294. The van der Waals surface area contributed by atoms with Crippen molar-refractivity contribution in [2.45, 2.75) is 18.9 Å². The molecule has 0 aromatic heterocycles. The molecule has 96 valence electrons. The molecule has 0 aliphatic heterocycles. The third-order valence-electron chi connectivity index (χ3n) is 2.62. The Labute approximate surface area is 104 Å². The van der Waals surface area contributed by atoms with Gasteiger partial charge in [-0.1, -0.05) is 0 Å². The van der Waals surface area contributed by atoms with Gasteiger partial charge in [-0.3, -0.25) is 0 Å². The summed E-state index contributed by atoms with van der Waals surface area (Å²) in [7, 11) is 1.48. The van der Waals surface area contributed by atoms with Crippen LogP contribution in [0.1, 0.15) is 23.2 Å². The number of amides is 2. The van der Waals surface area contributed by atoms with Crippen LogP contribution < -0.4 is 15.4 Å². The van der Waals surface area contributed by atoms with E-state index in [0.717, 1.165) is 12.8 Å². The molecule has 3 N–H and O–H groups in total. The van der Waals surface area contributed by atoms with Gasteiger partial charge >= 0.3 is 12.0 Å². The van der Waals surface area contributed by atoms with Gasteiger partial charge < -0.3 is 20.5 Å². The fourth-order valence-corrected chi connectivity index (χ4v) is 1.51. The van der Waals surface area contributed by atoms with Gasteiger partial charge in [0.1, 0.15) is 5.75 Å². The molecule has 6 heteroatoms. The standard InChI is InChI=1S/C12H14N2O4/c1-18-8-4-5-9(11(15)16)10(6-8)14-12(17)13-7-2-3-7/h4-7H,2-3H2,1H3,(H,15,16)(H2,13,14,17). The summed E-state index contributed by atoms with van der Waals surface area (Å²) >= 11 is 0. The van der Waals surface area contributed by atoms with Crippen LogP contribution in [0, 0.1) is 0 Å². The molecular formula is C12H14N2O4. The Morgan fingerprint density at radius 1 is 1.39 bits per heavy atom. The van der Waals surface area contributed by atoms with E-state index < -0.39 is 12.0 Å². The lowest BCUT2D eigenvalue weighted by molar-refractivity contribution is 0.0698. The lowest BCUT2D eigenvalue weighted by Gasteiger charge is -2.10. The Balaban J connectivity index is 2.16. The molecule has 1 aromatic rings. The maximum Gasteiger partial charge on any atom is 0.337 e. The van der Waals surface area contributed by atoms with Crippen LogP contribution >= 0.6 is 0 Å². The van der Waals surface area contributed by atoms with Crippen molar-refractivity contribution in [3.63, 3.8) is 0 Å². The molecule has 1 fully saturated rings. The summed E-state index contributed by atoms with van der Waals surface area (Å²) in [6, 6.07) is 4.23. The Kier molecular flexibility index (Phi) is 3.36. The lowest BCUT2D eigenvalue weighted by atomic mass is 10.1. The number of hydrogen-bond donors (Lipinski definition) is 3. The quantitative estimate of drug-likeness (QED) is 0.758. The van der Waals surface area contributed by atoms with Gasteiger partial charge in [-0.15, -0.1) is 0 Å². The summed E-state index contributed by atoms with van der Waals surface area (Å²) < 4.78 is 5.00. The zero-order chi connectivity index (χ0) is 13.1. The number of anilines is 1. The molecule has 1 aliphatic carbocycles. The Hall–Kier alpha value is -2.24. The molecule has 0 atom stereocenters. The van der Waals surface area contributed by atoms with E-state index in [4.69, 9.17) is 9.84 Å². The highest BCUT2D eigenvalue weighted by molar-refractivity contribution is 6.00. The highest BCUT2D eigenvalue weighted by atomic mass is 16.5. The number of carbonyl (C=O) groups is 2. The number of aromatic carboxylic acids is 1. The summed E-state index contributed by atoms with van der Waals surface area (Å²) in [5, 5.41) is 14.3. The van der Waals surface area contributed by atoms with Crippen molar-refractivity contribution in [2.24, 2.45) is 0 Å². The molecular weight excluding hydrogens is 236 g/mol. The van der Waals surface area contributed by atoms with Crippen LogP contribution in [0.4, 0.5) is 10.5 Å². The molecule has 0 radical (unpaired) electrons. The van der Waals surface area contributed by atoms with Gasteiger partial charge in [-0.25, -0.2) is 9.59 Å². The van der Waals surface area contributed by atoms with Crippen LogP contribution in [0.15, 0.2) is 18.2 Å². The van der Waals surface area contributed by atoms with Crippen LogP contribution in [0.2, 0.25) is 0 Å². The maximum absolute atomic E-state index is 11.6. The summed E-state index contributed by atoms with van der Waals surface area (Å²) in [6.07, 6.45) is 1.94. The molecule has 2 rings (SSSR count). The van der Waals surface area contributed by atoms with E-state index in [2.05, 4.69) is 10.6 Å². The molecule has 2 amide bonds. The molecule has 0 bridgehead atoms. The van der Waals surface area contributed by atoms with E-state index in [1.54, 1.807) is 0 Å². The number of carbonyl (C=O) groups excluding carboxylic acids is 1. The van der Waals surface area contributed by atoms with Gasteiger partial charge in [0.15, 0.2) is 0 Å². The molecule has 6 nitrogen and oxygen atoms in total. The van der Waals surface area contributed by atoms with Crippen molar-refractivity contribution in [3.05, 3.63) is 23.8 Å². The highest BCUT2D eigenvalue weighted by Gasteiger charge is 2.24. The Morgan fingerprint density at radius 2 is 2.11 bits per heavy atom. The van der Waals surface area contributed by atoms with E-state index in [-0.39, 0.29) is 17.3 Å². The van der Waals surface area contributed by atoms with Gasteiger partial charge in [-0.05, 0) is 25.0 Å². The van der Waals surface area contributed by atoms with Crippen LogP contribution in [-0.2, 0) is 0 Å². The minimum Gasteiger partial charge on any atom is -0.497 e. The average molecular weight is 250 g/mol. The Bertz CT molecular complexity index is 483. The van der Waals surface area contributed by atoms with Gasteiger partial charge in [0.25, 0.3) is 0 Å². The van der Waals surface area contributed by atoms with E-state index in [0.29, 0.717) is 5.75 Å². The van der Waals surface area contributed by atoms with Crippen molar-refractivity contribution in [3.8, 4) is 5.75 Å². The van der Waals surface area contributed by atoms with E-state index in [1.165, 1.54) is 25.3 Å². The van der Waals surface area contributed by atoms with Crippen LogP contribution in [0.3, 0.4) is 0 Å². The lowest BCUT2D eigenvalue weighted by Crippen LogP contribution is -2.31. The summed E-state index contributed by atoms with van der Waals surface area (Å²) in [6.45, 7) is 0. The Morgan fingerprint density at radius 3 is 2.67 bits per heavy atom. The molecule has 1 aromatic carbocycles. The smallest absolute Gasteiger partial charge is 0.337 e. The van der Waals surface area contributed by atoms with Crippen LogP contribution in [0.25, 0.3) is 0 Å². The van der Waals surface area contributed by atoms with Crippen LogP contribution in [0.5, 0.6) is 5.75 Å². The minimum atomic E-state index is -1.10. The summed E-state index contributed by atoms with van der Waals surface area (Å²) in [5.41, 5.74) is 0.252. The molecule has 0 unspecified atom stereocenters. The van der Waals surface area contributed by atoms with E-state index in [9.17, 15) is 9.59 Å². The van der Waals surface area contributed by atoms with Gasteiger partial charge in [0, 0.05) is 12.1 Å². The largest absolute Gasteiger partial charge is 0.497 e. The van der Waals surface area contributed by atoms with Crippen molar-refractivity contribution in [1.82, 2.24) is 5.32 Å². The van der Waals surface area contributed by atoms with Crippen molar-refractivity contribution in [1.29, 1.82) is 0 Å². The third-order valence-corrected chi connectivity index (χ3v) is 2.62. The highest BCUT2D eigenvalue weighted by Crippen LogP contribution is 2.23. The fourth-order valence-electron chi connectivity index (χ4n) is 1.51. The number of ether oxygens (including phenoxy) is 1. The predicted molar refractivity (Wildman–Crippen MR) is 65.1 cm³/mol. The van der Waals surface area contributed by atoms with Gasteiger partial charge in [-0.2, -0.15) is 0 Å². The predicted octanol–water partition coefficient (Wildman–Crippen LogP) is 1.68. The number of carboxylic acids is 1. The average Bonchev–Trinajstić information content (AvgIpc) is 3.12. The maximum atomic E-state index is 11.6. The molecule has 18 heavy (non-hydrogen) atoms. The second-order valence-corrected chi connectivity index (χ2v) is 4.09. The number of hydrogen-bond acceptors (Lipinski definition) is 3. The third kappa shape index (κ3) is 2.91. The first-order chi connectivity index (χ1) is 8.60. The monoisotopic (exact) mass is 250 g/mol. The number of carboxylic acid groups (broad SMARTS) is 1. The molecule has 0 heterocycles. The van der Waals surface area contributed by atoms with Gasteiger partial charge in [0.2, 0.25) is 0 Å². The zero-order valence-electron chi connectivity index (χ0n) is 9.90. The van der Waals surface area contributed by atoms with Crippen molar-refractivity contribution in [2.75, 3.05) is 12.4 Å². The first-order valence-corrected chi connectivity index (χ1v) is 5.59. The number of rotatable bonds is 4. The summed E-state index contributed by atoms with van der Waals surface area (Å²) in [4.78, 5) is 22.6. The van der Waals surface area contributed by atoms with E-state index in [1.807, 2.05) is 0 Å². The topological polar surface area (TPSA) is 87.7 Å². The first kappa shape index (κ1) is 12.2. The van der Waals surface area contributed by atoms with Crippen molar-refractivity contribution < 1.29 is 19.4 Å². The van der Waals surface area contributed by atoms with Crippen molar-refractivity contribution >= 4 is 17.7 Å². The van der Waals surface area contributed by atoms with Crippen LogP contribution in [-0.4, -0.2) is 30.3 Å². The van der Waals surface area contributed by atoms with E-state index >= 15 is 0 Å². The normalized spacial score (nSPS) is 13.8. The summed E-state index contributed by atoms with van der Waals surface area (Å²) in [5.74, 6) is -0.610. The zero-order valence-corrected chi connectivity index (χ0v) is 9.90. The molecule has 0 spiro atoms. The molecule has 0 saturated heterocycles. The first-order valence-electron chi connectivity index (χ1n) is 5.59. The number of urea groups is 1. The molecule has 1 saturated carbocycles. The number of benzene rings is 1. The second-order valence-electron chi connectivity index (χ2n) is 4.09.